The maximum atomic E-state index is 14.2. The molecular formula is C18H21ClFN3O2S. The molecule has 0 atom stereocenters. The van der Waals surface area contributed by atoms with Crippen molar-refractivity contribution in [2.24, 2.45) is 0 Å². The number of thiazole rings is 1. The van der Waals surface area contributed by atoms with Crippen molar-refractivity contribution < 1.29 is 13.9 Å². The second-order valence-corrected chi connectivity index (χ2v) is 7.66. The summed E-state index contributed by atoms with van der Waals surface area (Å²) >= 11 is 1.30. The zero-order chi connectivity index (χ0) is 17.4. The number of carbonyl (C=O) groups is 1. The van der Waals surface area contributed by atoms with Crippen molar-refractivity contribution in [2.75, 3.05) is 25.0 Å². The summed E-state index contributed by atoms with van der Waals surface area (Å²) in [5.74, 6) is 0.0219. The molecule has 3 aliphatic heterocycles. The van der Waals surface area contributed by atoms with Gasteiger partial charge in [0.15, 0.2) is 5.82 Å². The van der Waals surface area contributed by atoms with Gasteiger partial charge in [-0.05, 0) is 19.1 Å². The van der Waals surface area contributed by atoms with Gasteiger partial charge in [0, 0.05) is 44.5 Å². The van der Waals surface area contributed by atoms with E-state index in [1.54, 1.807) is 17.6 Å². The Labute approximate surface area is 162 Å². The van der Waals surface area contributed by atoms with E-state index < -0.39 is 6.09 Å². The number of aromatic nitrogens is 1. The first-order chi connectivity index (χ1) is 12.0. The van der Waals surface area contributed by atoms with Crippen molar-refractivity contribution in [2.45, 2.75) is 31.8 Å². The first kappa shape index (κ1) is 19.1. The number of ether oxygens (including phenoxy) is 1. The Balaban J connectivity index is 0.00000196. The van der Waals surface area contributed by atoms with Crippen LogP contribution in [0.4, 0.5) is 15.0 Å². The summed E-state index contributed by atoms with van der Waals surface area (Å²) in [6, 6.07) is 4.91. The minimum atomic E-state index is -0.504. The zero-order valence-electron chi connectivity index (χ0n) is 14.5. The summed E-state index contributed by atoms with van der Waals surface area (Å²) < 4.78 is 20.0. The van der Waals surface area contributed by atoms with Gasteiger partial charge in [-0.25, -0.2) is 14.2 Å². The molecule has 8 heteroatoms. The fourth-order valence-electron chi connectivity index (χ4n) is 3.61. The molecule has 26 heavy (non-hydrogen) atoms. The normalized spacial score (nSPS) is 24.0. The molecule has 1 amide bonds. The van der Waals surface area contributed by atoms with E-state index in [4.69, 9.17) is 4.74 Å². The van der Waals surface area contributed by atoms with Crippen molar-refractivity contribution in [3.05, 3.63) is 35.1 Å². The van der Waals surface area contributed by atoms with E-state index in [-0.39, 0.29) is 23.8 Å². The fourth-order valence-corrected chi connectivity index (χ4v) is 4.37. The van der Waals surface area contributed by atoms with Crippen LogP contribution in [0.25, 0.3) is 10.4 Å². The molecule has 0 unspecified atom stereocenters. The van der Waals surface area contributed by atoms with Gasteiger partial charge in [0.1, 0.15) is 11.4 Å². The number of rotatable bonds is 3. The third-order valence-corrected chi connectivity index (χ3v) is 5.97. The van der Waals surface area contributed by atoms with Crippen molar-refractivity contribution in [1.82, 2.24) is 9.88 Å². The molecule has 0 radical (unpaired) electrons. The Morgan fingerprint density at radius 3 is 2.69 bits per heavy atom. The lowest BCUT2D eigenvalue weighted by atomic mass is 9.83. The Morgan fingerprint density at radius 1 is 1.31 bits per heavy atom. The summed E-state index contributed by atoms with van der Waals surface area (Å²) in [6.07, 6.45) is 2.11. The number of piperidine rings is 3. The molecule has 0 aliphatic carbocycles. The van der Waals surface area contributed by atoms with Crippen LogP contribution < -0.4 is 5.32 Å². The van der Waals surface area contributed by atoms with Crippen LogP contribution in [0, 0.1) is 12.7 Å². The smallest absolute Gasteiger partial charge is 0.413 e. The molecule has 2 bridgehead atoms. The van der Waals surface area contributed by atoms with Crippen LogP contribution in [0.2, 0.25) is 0 Å². The number of amides is 1. The number of nitrogens with zero attached hydrogens (tertiary/aromatic N) is 2. The molecule has 2 aromatic rings. The fraction of sp³-hybridized carbons (Fsp3) is 0.444. The van der Waals surface area contributed by atoms with Crippen LogP contribution in [0.5, 0.6) is 0 Å². The van der Waals surface area contributed by atoms with Crippen LogP contribution in [0.1, 0.15) is 24.8 Å². The van der Waals surface area contributed by atoms with E-state index in [1.807, 2.05) is 6.92 Å². The molecule has 140 valence electrons. The molecule has 0 spiro atoms. The highest BCUT2D eigenvalue weighted by atomic mass is 35.5. The molecule has 3 saturated heterocycles. The molecule has 3 fully saturated rings. The topological polar surface area (TPSA) is 54.5 Å². The van der Waals surface area contributed by atoms with Crippen molar-refractivity contribution in [3.8, 4) is 10.4 Å². The van der Waals surface area contributed by atoms with Gasteiger partial charge in [-0.3, -0.25) is 5.32 Å². The predicted octanol–water partition coefficient (Wildman–Crippen LogP) is 4.47. The Bertz CT molecular complexity index is 792. The number of hydrogen-bond donors (Lipinski definition) is 1. The van der Waals surface area contributed by atoms with E-state index in [2.05, 4.69) is 15.2 Å². The van der Waals surface area contributed by atoms with Crippen molar-refractivity contribution >= 4 is 35.7 Å². The van der Waals surface area contributed by atoms with Crippen LogP contribution in [0.15, 0.2) is 23.7 Å². The number of benzene rings is 1. The number of anilines is 1. The number of carbonyl (C=O) groups excluding carboxylic acids is 1. The molecule has 0 saturated carbocycles. The SMILES string of the molecule is Cc1ccc(F)c(-c2scnc2NC(=O)OC23CCN(CC2)CC3)c1.Cl. The van der Waals surface area contributed by atoms with E-state index in [1.165, 1.54) is 17.4 Å². The minimum absolute atomic E-state index is 0. The number of hydrogen-bond acceptors (Lipinski definition) is 5. The van der Waals surface area contributed by atoms with Crippen LogP contribution >= 0.6 is 23.7 Å². The van der Waals surface area contributed by atoms with Gasteiger partial charge in [0.05, 0.1) is 10.4 Å². The highest BCUT2D eigenvalue weighted by molar-refractivity contribution is 7.13. The maximum Gasteiger partial charge on any atom is 0.413 e. The third-order valence-electron chi connectivity index (χ3n) is 5.11. The third kappa shape index (κ3) is 3.70. The summed E-state index contributed by atoms with van der Waals surface area (Å²) in [6.45, 7) is 4.83. The van der Waals surface area contributed by atoms with Gasteiger partial charge in [0.2, 0.25) is 0 Å². The van der Waals surface area contributed by atoms with E-state index in [9.17, 15) is 9.18 Å². The van der Waals surface area contributed by atoms with Gasteiger partial charge in [-0.15, -0.1) is 23.7 Å². The molecule has 5 rings (SSSR count). The lowest BCUT2D eigenvalue weighted by molar-refractivity contribution is -0.0742. The van der Waals surface area contributed by atoms with Crippen LogP contribution in [0.3, 0.4) is 0 Å². The van der Waals surface area contributed by atoms with Gasteiger partial charge in [0.25, 0.3) is 0 Å². The average Bonchev–Trinajstić information content (AvgIpc) is 3.06. The van der Waals surface area contributed by atoms with Gasteiger partial charge in [-0.2, -0.15) is 0 Å². The lowest BCUT2D eigenvalue weighted by Gasteiger charge is -2.47. The largest absolute Gasteiger partial charge is 0.443 e. The maximum absolute atomic E-state index is 14.2. The molecule has 1 aromatic heterocycles. The molecule has 5 nitrogen and oxygen atoms in total. The number of aryl methyl sites for hydroxylation is 1. The van der Waals surface area contributed by atoms with Gasteiger partial charge >= 0.3 is 6.09 Å². The Hall–Kier alpha value is -1.70. The quantitative estimate of drug-likeness (QED) is 0.830. The van der Waals surface area contributed by atoms with Gasteiger partial charge in [-0.1, -0.05) is 11.6 Å². The Kier molecular flexibility index (Phi) is 5.50. The molecule has 1 aromatic carbocycles. The summed E-state index contributed by atoms with van der Waals surface area (Å²) in [5.41, 5.74) is 2.64. The van der Waals surface area contributed by atoms with Crippen LogP contribution in [-0.4, -0.2) is 41.2 Å². The summed E-state index contributed by atoms with van der Waals surface area (Å²) in [7, 11) is 0. The second kappa shape index (κ2) is 7.50. The van der Waals surface area contributed by atoms with E-state index in [0.717, 1.165) is 44.5 Å². The van der Waals surface area contributed by atoms with E-state index >= 15 is 0 Å². The summed E-state index contributed by atoms with van der Waals surface area (Å²) in [4.78, 5) is 19.6. The van der Waals surface area contributed by atoms with Crippen molar-refractivity contribution in [1.29, 1.82) is 0 Å². The van der Waals surface area contributed by atoms with Gasteiger partial charge < -0.3 is 9.64 Å². The average molecular weight is 398 g/mol. The standard InChI is InChI=1S/C18H20FN3O2S.ClH/c1-12-2-3-14(19)13(10-12)15-16(20-11-25-15)21-17(23)24-18-4-7-22(8-5-18)9-6-18;/h2-3,10-11H,4-9H2,1H3,(H,21,23);1H. The Morgan fingerprint density at radius 2 is 2.00 bits per heavy atom. The number of nitrogens with one attached hydrogen (secondary N) is 1. The number of halogens is 2. The molecular weight excluding hydrogens is 377 g/mol. The monoisotopic (exact) mass is 397 g/mol. The highest BCUT2D eigenvalue weighted by Gasteiger charge is 2.42. The highest BCUT2D eigenvalue weighted by Crippen LogP contribution is 2.37. The summed E-state index contributed by atoms with van der Waals surface area (Å²) in [5, 5.41) is 2.72. The first-order valence-electron chi connectivity index (χ1n) is 8.47. The predicted molar refractivity (Wildman–Crippen MR) is 103 cm³/mol. The van der Waals surface area contributed by atoms with Crippen molar-refractivity contribution in [3.63, 3.8) is 0 Å². The lowest BCUT2D eigenvalue weighted by Crippen LogP contribution is -2.54. The molecule has 3 aliphatic rings. The molecule has 4 heterocycles. The van der Waals surface area contributed by atoms with E-state index in [0.29, 0.717) is 16.3 Å². The first-order valence-corrected chi connectivity index (χ1v) is 9.35. The number of fused-ring (bicyclic) bond motifs is 3. The molecule has 1 N–H and O–H groups in total. The second-order valence-electron chi connectivity index (χ2n) is 6.80. The minimum Gasteiger partial charge on any atom is -0.443 e. The zero-order valence-corrected chi connectivity index (χ0v) is 16.1. The van der Waals surface area contributed by atoms with Crippen LogP contribution in [-0.2, 0) is 4.74 Å².